The maximum atomic E-state index is 5.67. The molecule has 0 atom stereocenters. The van der Waals surface area contributed by atoms with Crippen LogP contribution in [0.2, 0.25) is 0 Å². The van der Waals surface area contributed by atoms with Crippen molar-refractivity contribution < 1.29 is 0 Å². The Morgan fingerprint density at radius 3 is 1.31 bits per heavy atom. The van der Waals surface area contributed by atoms with Crippen LogP contribution in [0.3, 0.4) is 0 Å². The smallest absolute Gasteiger partial charge is 0.164 e. The van der Waals surface area contributed by atoms with Gasteiger partial charge in [-0.25, -0.2) is 19.9 Å². The van der Waals surface area contributed by atoms with Crippen LogP contribution in [0.5, 0.6) is 0 Å². The first kappa shape index (κ1) is 33.3. The summed E-state index contributed by atoms with van der Waals surface area (Å²) in [6.07, 6.45) is 0. The molecule has 0 aliphatic heterocycles. The SMILES string of the molecule is c1ccc(-c2nc(-c3ccc(-c4nc5c(c6ccccc46)C4(c6ccccc6-c6ccccc64)c4ccccc4-5)cc3)nc(-c3ccccc3-c3ccccc3)n2)cc1. The van der Waals surface area contributed by atoms with E-state index >= 15 is 0 Å². The van der Waals surface area contributed by atoms with Crippen LogP contribution in [-0.4, -0.2) is 19.9 Å². The Labute approximate surface area is 342 Å². The second kappa shape index (κ2) is 13.1. The zero-order valence-corrected chi connectivity index (χ0v) is 31.9. The van der Waals surface area contributed by atoms with E-state index in [9.17, 15) is 0 Å². The van der Waals surface area contributed by atoms with E-state index in [1.807, 2.05) is 42.5 Å². The summed E-state index contributed by atoms with van der Waals surface area (Å²) in [4.78, 5) is 20.9. The minimum atomic E-state index is -0.472. The van der Waals surface area contributed by atoms with E-state index in [2.05, 4.69) is 164 Å². The number of hydrogen-bond acceptors (Lipinski definition) is 4. The lowest BCUT2D eigenvalue weighted by atomic mass is 9.69. The molecule has 0 saturated carbocycles. The Kier molecular flexibility index (Phi) is 7.41. The number of rotatable bonds is 5. The van der Waals surface area contributed by atoms with E-state index in [1.54, 1.807) is 0 Å². The Morgan fingerprint density at radius 2 is 0.678 bits per heavy atom. The topological polar surface area (TPSA) is 51.6 Å². The van der Waals surface area contributed by atoms with Crippen molar-refractivity contribution in [3.63, 3.8) is 0 Å². The van der Waals surface area contributed by atoms with Gasteiger partial charge in [-0.2, -0.15) is 0 Å². The van der Waals surface area contributed by atoms with Gasteiger partial charge in [-0.15, -0.1) is 0 Å². The molecule has 2 heterocycles. The highest BCUT2D eigenvalue weighted by Gasteiger charge is 2.53. The molecule has 274 valence electrons. The van der Waals surface area contributed by atoms with Crippen molar-refractivity contribution >= 4 is 10.8 Å². The van der Waals surface area contributed by atoms with E-state index < -0.39 is 5.41 Å². The van der Waals surface area contributed by atoms with Crippen LogP contribution >= 0.6 is 0 Å². The standard InChI is InChI=1S/C55H34N4/c1-3-17-35(18-4-1)39-21-7-10-26-44(39)54-58-52(37-19-5-2-6-20-37)57-53(59-54)38-33-31-36(32-34-38)50-43-25-9-8-24-42(43)49-51(56-50)45-27-13-16-30-48(45)55(49)46-28-14-11-22-40(46)41-23-12-15-29-47(41)55/h1-34H. The summed E-state index contributed by atoms with van der Waals surface area (Å²) < 4.78 is 0. The molecular formula is C55H34N4. The molecule has 0 radical (unpaired) electrons. The first-order chi connectivity index (χ1) is 29.3. The highest BCUT2D eigenvalue weighted by atomic mass is 15.0. The molecule has 2 aliphatic rings. The fourth-order valence-corrected chi connectivity index (χ4v) is 9.67. The normalized spacial score (nSPS) is 12.9. The lowest BCUT2D eigenvalue weighted by Gasteiger charge is -2.31. The van der Waals surface area contributed by atoms with Gasteiger partial charge in [-0.3, -0.25) is 0 Å². The summed E-state index contributed by atoms with van der Waals surface area (Å²) in [5.74, 6) is 1.88. The van der Waals surface area contributed by atoms with Crippen molar-refractivity contribution in [2.75, 3.05) is 0 Å². The highest BCUT2D eigenvalue weighted by molar-refractivity contribution is 6.06. The minimum absolute atomic E-state index is 0.472. The van der Waals surface area contributed by atoms with E-state index in [-0.39, 0.29) is 0 Å². The molecule has 4 heteroatoms. The summed E-state index contributed by atoms with van der Waals surface area (Å²) in [6.45, 7) is 0. The zero-order chi connectivity index (χ0) is 38.9. The first-order valence-corrected chi connectivity index (χ1v) is 20.1. The number of aromatic nitrogens is 4. The number of pyridine rings is 1. The zero-order valence-electron chi connectivity index (χ0n) is 31.9. The molecule has 2 aromatic heterocycles. The Hall–Kier alpha value is -7.82. The van der Waals surface area contributed by atoms with Crippen LogP contribution in [0, 0.1) is 0 Å². The fraction of sp³-hybridized carbons (Fsp3) is 0.0182. The van der Waals surface area contributed by atoms with E-state index in [4.69, 9.17) is 19.9 Å². The summed E-state index contributed by atoms with van der Waals surface area (Å²) in [7, 11) is 0. The number of nitrogens with zero attached hydrogens (tertiary/aromatic N) is 4. The average molecular weight is 751 g/mol. The Morgan fingerprint density at radius 1 is 0.254 bits per heavy atom. The summed E-state index contributed by atoms with van der Waals surface area (Å²) >= 11 is 0. The van der Waals surface area contributed by atoms with Crippen molar-refractivity contribution in [1.82, 2.24) is 19.9 Å². The van der Waals surface area contributed by atoms with Crippen LogP contribution in [0.15, 0.2) is 206 Å². The maximum Gasteiger partial charge on any atom is 0.164 e. The molecule has 1 spiro atoms. The second-order valence-corrected chi connectivity index (χ2v) is 15.3. The molecule has 0 unspecified atom stereocenters. The van der Waals surface area contributed by atoms with Crippen LogP contribution in [0.4, 0.5) is 0 Å². The van der Waals surface area contributed by atoms with E-state index in [0.29, 0.717) is 17.5 Å². The molecule has 2 aliphatic carbocycles. The van der Waals surface area contributed by atoms with Gasteiger partial charge < -0.3 is 0 Å². The number of fused-ring (bicyclic) bond motifs is 12. The van der Waals surface area contributed by atoms with Gasteiger partial charge in [0, 0.05) is 38.8 Å². The third kappa shape index (κ3) is 4.96. The Balaban J connectivity index is 1.03. The lowest BCUT2D eigenvalue weighted by Crippen LogP contribution is -2.26. The minimum Gasteiger partial charge on any atom is -0.247 e. The third-order valence-electron chi connectivity index (χ3n) is 12.2. The molecule has 4 nitrogen and oxygen atoms in total. The van der Waals surface area contributed by atoms with Crippen molar-refractivity contribution in [3.8, 4) is 78.9 Å². The van der Waals surface area contributed by atoms with Crippen LogP contribution in [0.25, 0.3) is 89.7 Å². The van der Waals surface area contributed by atoms with Gasteiger partial charge in [0.25, 0.3) is 0 Å². The van der Waals surface area contributed by atoms with E-state index in [0.717, 1.165) is 50.2 Å². The van der Waals surface area contributed by atoms with Gasteiger partial charge in [0.1, 0.15) is 0 Å². The molecule has 12 rings (SSSR count). The first-order valence-electron chi connectivity index (χ1n) is 20.1. The predicted octanol–water partition coefficient (Wildman–Crippen LogP) is 13.1. The molecule has 0 amide bonds. The number of benzene rings is 8. The van der Waals surface area contributed by atoms with Gasteiger partial charge >= 0.3 is 0 Å². The monoisotopic (exact) mass is 750 g/mol. The summed E-state index contributed by atoms with van der Waals surface area (Å²) in [6, 6.07) is 73.0. The molecule has 59 heavy (non-hydrogen) atoms. The second-order valence-electron chi connectivity index (χ2n) is 15.3. The van der Waals surface area contributed by atoms with Crippen molar-refractivity contribution in [2.24, 2.45) is 0 Å². The van der Waals surface area contributed by atoms with Crippen LogP contribution < -0.4 is 0 Å². The van der Waals surface area contributed by atoms with Crippen molar-refractivity contribution in [1.29, 1.82) is 0 Å². The van der Waals surface area contributed by atoms with Gasteiger partial charge in [0.2, 0.25) is 0 Å². The molecule has 0 bridgehead atoms. The molecule has 0 fully saturated rings. The largest absolute Gasteiger partial charge is 0.247 e. The van der Waals surface area contributed by atoms with Crippen molar-refractivity contribution in [2.45, 2.75) is 5.41 Å². The highest BCUT2D eigenvalue weighted by Crippen LogP contribution is 2.64. The maximum absolute atomic E-state index is 5.67. The molecule has 8 aromatic carbocycles. The quantitative estimate of drug-likeness (QED) is 0.176. The van der Waals surface area contributed by atoms with Crippen LogP contribution in [-0.2, 0) is 5.41 Å². The summed E-state index contributed by atoms with van der Waals surface area (Å²) in [5, 5.41) is 2.34. The van der Waals surface area contributed by atoms with Crippen molar-refractivity contribution in [3.05, 3.63) is 229 Å². The van der Waals surface area contributed by atoms with Gasteiger partial charge in [-0.1, -0.05) is 206 Å². The average Bonchev–Trinajstić information content (AvgIpc) is 3.79. The molecule has 0 saturated heterocycles. The Bertz CT molecular complexity index is 3220. The van der Waals surface area contributed by atoms with E-state index in [1.165, 1.54) is 44.3 Å². The van der Waals surface area contributed by atoms with Gasteiger partial charge in [-0.05, 0) is 44.3 Å². The fourth-order valence-electron chi connectivity index (χ4n) is 9.67. The van der Waals surface area contributed by atoms with Crippen LogP contribution in [0.1, 0.15) is 22.3 Å². The predicted molar refractivity (Wildman–Crippen MR) is 239 cm³/mol. The van der Waals surface area contributed by atoms with Gasteiger partial charge in [0.15, 0.2) is 17.5 Å². The van der Waals surface area contributed by atoms with Gasteiger partial charge in [0.05, 0.1) is 16.8 Å². The number of hydrogen-bond donors (Lipinski definition) is 0. The molecule has 10 aromatic rings. The molecular weight excluding hydrogens is 717 g/mol. The lowest BCUT2D eigenvalue weighted by molar-refractivity contribution is 0.799. The summed E-state index contributed by atoms with van der Waals surface area (Å²) in [5.41, 5.74) is 16.5. The molecule has 0 N–H and O–H groups in total. The third-order valence-corrected chi connectivity index (χ3v) is 12.2.